The van der Waals surface area contributed by atoms with Crippen LogP contribution in [0, 0.1) is 17.6 Å². The third-order valence-electron chi connectivity index (χ3n) is 6.66. The maximum Gasteiger partial charge on any atom is 0.200 e. The van der Waals surface area contributed by atoms with Crippen molar-refractivity contribution in [2.75, 3.05) is 14.2 Å². The Morgan fingerprint density at radius 2 is 1.87 bits per heavy atom. The molecule has 38 heavy (non-hydrogen) atoms. The molecule has 0 amide bonds. The molecule has 0 saturated carbocycles. The number of methoxy groups -OCH3 is 2. The second-order valence-corrected chi connectivity index (χ2v) is 8.83. The van der Waals surface area contributed by atoms with E-state index in [0.717, 1.165) is 12.4 Å². The summed E-state index contributed by atoms with van der Waals surface area (Å²) < 4.78 is 40.3. The van der Waals surface area contributed by atoms with Crippen LogP contribution in [0.4, 0.5) is 8.78 Å². The smallest absolute Gasteiger partial charge is 0.200 e. The van der Waals surface area contributed by atoms with Gasteiger partial charge in [0.05, 0.1) is 19.9 Å². The van der Waals surface area contributed by atoms with Crippen LogP contribution in [0.5, 0.6) is 11.5 Å². The second-order valence-electron chi connectivity index (χ2n) is 8.83. The Morgan fingerprint density at radius 3 is 2.45 bits per heavy atom. The number of aldehydes is 1. The maximum atomic E-state index is 15.5. The summed E-state index contributed by atoms with van der Waals surface area (Å²) in [6.45, 7) is 1.88. The van der Waals surface area contributed by atoms with Crippen LogP contribution in [0.1, 0.15) is 53.0 Å². The van der Waals surface area contributed by atoms with Crippen LogP contribution >= 0.6 is 0 Å². The van der Waals surface area contributed by atoms with Crippen LogP contribution in [0.25, 0.3) is 0 Å². The Morgan fingerprint density at radius 1 is 1.16 bits per heavy atom. The number of benzene rings is 2. The SMILES string of the molecule is CCC1CC(C=O)N(C(N)c2ccc(C(=O)c3cccnc3)cc2)N=C1c1cc(F)c(OC)c(OC)c1F. The van der Waals surface area contributed by atoms with Crippen LogP contribution in [0.15, 0.2) is 60.0 Å². The van der Waals surface area contributed by atoms with Gasteiger partial charge in [0.2, 0.25) is 5.75 Å². The van der Waals surface area contributed by atoms with E-state index in [4.69, 9.17) is 15.2 Å². The first-order valence-electron chi connectivity index (χ1n) is 12.1. The number of pyridine rings is 1. The van der Waals surface area contributed by atoms with Crippen LogP contribution in [0.2, 0.25) is 0 Å². The average Bonchev–Trinajstić information content (AvgIpc) is 2.96. The molecule has 8 nitrogen and oxygen atoms in total. The van der Waals surface area contributed by atoms with Crippen molar-refractivity contribution in [3.63, 3.8) is 0 Å². The highest BCUT2D eigenvalue weighted by Crippen LogP contribution is 2.38. The predicted molar refractivity (Wildman–Crippen MR) is 137 cm³/mol. The van der Waals surface area contributed by atoms with E-state index in [-0.39, 0.29) is 34.5 Å². The lowest BCUT2D eigenvalue weighted by atomic mass is 9.86. The lowest BCUT2D eigenvalue weighted by Gasteiger charge is -2.38. The quantitative estimate of drug-likeness (QED) is 0.330. The third-order valence-corrected chi connectivity index (χ3v) is 6.66. The van der Waals surface area contributed by atoms with E-state index in [1.807, 2.05) is 6.92 Å². The first-order valence-corrected chi connectivity index (χ1v) is 12.1. The normalized spacial score (nSPS) is 17.9. The molecule has 1 aliphatic rings. The number of aromatic nitrogens is 1. The molecule has 0 aliphatic carbocycles. The summed E-state index contributed by atoms with van der Waals surface area (Å²) in [4.78, 5) is 28.7. The zero-order valence-corrected chi connectivity index (χ0v) is 21.2. The summed E-state index contributed by atoms with van der Waals surface area (Å²) >= 11 is 0. The van der Waals surface area contributed by atoms with Gasteiger partial charge in [-0.05, 0) is 36.6 Å². The van der Waals surface area contributed by atoms with Crippen molar-refractivity contribution in [2.45, 2.75) is 32.0 Å². The fourth-order valence-electron chi connectivity index (χ4n) is 4.60. The van der Waals surface area contributed by atoms with Crippen molar-refractivity contribution in [2.24, 2.45) is 16.8 Å². The molecule has 0 saturated heterocycles. The van der Waals surface area contributed by atoms with Gasteiger partial charge < -0.3 is 20.0 Å². The summed E-state index contributed by atoms with van der Waals surface area (Å²) in [5.41, 5.74) is 8.15. The van der Waals surface area contributed by atoms with Gasteiger partial charge in [0, 0.05) is 35.0 Å². The van der Waals surface area contributed by atoms with Crippen LogP contribution < -0.4 is 15.2 Å². The van der Waals surface area contributed by atoms with E-state index in [2.05, 4.69) is 10.1 Å². The Hall–Kier alpha value is -4.18. The largest absolute Gasteiger partial charge is 0.490 e. The minimum absolute atomic E-state index is 0.0917. The minimum Gasteiger partial charge on any atom is -0.490 e. The fourth-order valence-corrected chi connectivity index (χ4v) is 4.60. The van der Waals surface area contributed by atoms with Crippen molar-refractivity contribution in [3.05, 3.63) is 88.7 Å². The summed E-state index contributed by atoms with van der Waals surface area (Å²) in [6.07, 6.45) is 3.76. The standard InChI is InChI=1S/C28H28F2N4O4/c1-4-16-12-20(15-35)34(33-24(16)21-13-22(29)26(37-2)27(38-3)23(21)30)28(31)18-9-7-17(8-10-18)25(36)19-6-5-11-32-14-19/h5-11,13-16,20,28H,4,12,31H2,1-3H3. The number of rotatable bonds is 9. The van der Waals surface area contributed by atoms with Crippen molar-refractivity contribution in [1.29, 1.82) is 0 Å². The molecule has 3 unspecified atom stereocenters. The Bertz CT molecular complexity index is 1350. The molecule has 1 aromatic heterocycles. The maximum absolute atomic E-state index is 15.5. The number of carbonyl (C=O) groups is 2. The first kappa shape index (κ1) is 26.9. The van der Waals surface area contributed by atoms with Gasteiger partial charge in [-0.15, -0.1) is 0 Å². The fraction of sp³-hybridized carbons (Fsp3) is 0.286. The van der Waals surface area contributed by atoms with Gasteiger partial charge in [-0.3, -0.25) is 14.8 Å². The molecule has 0 spiro atoms. The molecule has 3 atom stereocenters. The molecular formula is C28H28F2N4O4. The molecule has 4 rings (SSSR count). The molecule has 3 aromatic rings. The van der Waals surface area contributed by atoms with Gasteiger partial charge >= 0.3 is 0 Å². The summed E-state index contributed by atoms with van der Waals surface area (Å²) in [5, 5.41) is 5.98. The number of hydrogen-bond donors (Lipinski definition) is 1. The Balaban J connectivity index is 1.72. The van der Waals surface area contributed by atoms with Gasteiger partial charge in [0.1, 0.15) is 18.5 Å². The van der Waals surface area contributed by atoms with E-state index in [9.17, 15) is 14.0 Å². The molecular weight excluding hydrogens is 494 g/mol. The zero-order chi connectivity index (χ0) is 27.4. The minimum atomic E-state index is -0.895. The molecule has 2 heterocycles. The molecule has 2 N–H and O–H groups in total. The van der Waals surface area contributed by atoms with Crippen molar-refractivity contribution < 1.29 is 27.8 Å². The van der Waals surface area contributed by atoms with Crippen molar-refractivity contribution in [3.8, 4) is 11.5 Å². The molecule has 0 fully saturated rings. The highest BCUT2D eigenvalue weighted by molar-refractivity contribution is 6.08. The van der Waals surface area contributed by atoms with E-state index in [1.54, 1.807) is 42.6 Å². The number of hydrazone groups is 1. The number of nitrogens with zero attached hydrogens (tertiary/aromatic N) is 3. The molecule has 2 aromatic carbocycles. The zero-order valence-electron chi connectivity index (χ0n) is 21.2. The molecule has 0 bridgehead atoms. The van der Waals surface area contributed by atoms with Gasteiger partial charge in [-0.25, -0.2) is 8.78 Å². The van der Waals surface area contributed by atoms with Gasteiger partial charge in [-0.2, -0.15) is 5.10 Å². The van der Waals surface area contributed by atoms with Crippen LogP contribution in [-0.2, 0) is 4.79 Å². The highest BCUT2D eigenvalue weighted by atomic mass is 19.1. The topological polar surface area (TPSA) is 107 Å². The first-order chi connectivity index (χ1) is 18.3. The number of ketones is 1. The number of ether oxygens (including phenoxy) is 2. The van der Waals surface area contributed by atoms with E-state index >= 15 is 4.39 Å². The van der Waals surface area contributed by atoms with Gasteiger partial charge in [-0.1, -0.05) is 31.2 Å². The Labute approximate surface area is 219 Å². The van der Waals surface area contributed by atoms with Crippen molar-refractivity contribution >= 4 is 17.8 Å². The molecule has 10 heteroatoms. The number of nitrogens with two attached hydrogens (primary N) is 1. The van der Waals surface area contributed by atoms with Gasteiger partial charge in [0.25, 0.3) is 0 Å². The lowest BCUT2D eigenvalue weighted by molar-refractivity contribution is -0.114. The van der Waals surface area contributed by atoms with Gasteiger partial charge in [0.15, 0.2) is 23.2 Å². The molecule has 1 aliphatic heterocycles. The second kappa shape index (κ2) is 11.5. The Kier molecular flexibility index (Phi) is 8.11. The number of carbonyl (C=O) groups excluding carboxylic acids is 2. The summed E-state index contributed by atoms with van der Waals surface area (Å²) in [5.74, 6) is -2.88. The van der Waals surface area contributed by atoms with Crippen LogP contribution in [0.3, 0.4) is 0 Å². The van der Waals surface area contributed by atoms with Crippen molar-refractivity contribution in [1.82, 2.24) is 9.99 Å². The predicted octanol–water partition coefficient (Wildman–Crippen LogP) is 4.27. The summed E-state index contributed by atoms with van der Waals surface area (Å²) in [7, 11) is 2.44. The lowest BCUT2D eigenvalue weighted by Crippen LogP contribution is -2.46. The van der Waals surface area contributed by atoms with Crippen LogP contribution in [-0.4, -0.2) is 48.0 Å². The monoisotopic (exact) mass is 522 g/mol. The average molecular weight is 523 g/mol. The molecule has 0 radical (unpaired) electrons. The van der Waals surface area contributed by atoms with E-state index < -0.39 is 23.8 Å². The highest BCUT2D eigenvalue weighted by Gasteiger charge is 2.36. The third kappa shape index (κ3) is 4.99. The number of halogens is 2. The molecule has 198 valence electrons. The number of hydrogen-bond acceptors (Lipinski definition) is 8. The van der Waals surface area contributed by atoms with E-state index in [0.29, 0.717) is 29.5 Å². The van der Waals surface area contributed by atoms with E-state index in [1.165, 1.54) is 25.4 Å². The summed E-state index contributed by atoms with van der Waals surface area (Å²) in [6, 6.07) is 10.3.